The molecular formula is C35H40F2N6O2S. The number of thiol groups is 1. The quantitative estimate of drug-likeness (QED) is 0.293. The smallest absolute Gasteiger partial charge is 0.275 e. The molecule has 0 aliphatic carbocycles. The molecule has 0 spiro atoms. The number of pyridine rings is 1. The number of amides is 2. The average molecular weight is 647 g/mol. The van der Waals surface area contributed by atoms with Gasteiger partial charge in [0.15, 0.2) is 0 Å². The largest absolute Gasteiger partial charge is 0.295 e. The van der Waals surface area contributed by atoms with Crippen LogP contribution in [0.4, 0.5) is 8.78 Å². The Bertz CT molecular complexity index is 1580. The summed E-state index contributed by atoms with van der Waals surface area (Å²) in [7, 11) is 0. The van der Waals surface area contributed by atoms with Crippen LogP contribution in [0.1, 0.15) is 47.0 Å². The summed E-state index contributed by atoms with van der Waals surface area (Å²) < 4.78 is 31.4. The number of fused-ring (bicyclic) bond motifs is 1. The van der Waals surface area contributed by atoms with Gasteiger partial charge in [-0.05, 0) is 41.2 Å². The van der Waals surface area contributed by atoms with E-state index in [-0.39, 0.29) is 23.7 Å². The number of halogens is 2. The molecule has 3 saturated heterocycles. The number of carbonyl (C=O) groups excluding carboxylic acids is 2. The number of piperazine rings is 1. The lowest BCUT2D eigenvalue weighted by Crippen LogP contribution is -2.61. The minimum absolute atomic E-state index is 0.239. The number of imide groups is 1. The van der Waals surface area contributed by atoms with Gasteiger partial charge in [-0.25, -0.2) is 8.78 Å². The second-order valence-electron chi connectivity index (χ2n) is 13.0. The second-order valence-corrected chi connectivity index (χ2v) is 13.5. The summed E-state index contributed by atoms with van der Waals surface area (Å²) in [6.45, 7) is 4.75. The molecule has 0 bridgehead atoms. The van der Waals surface area contributed by atoms with Gasteiger partial charge in [-0.3, -0.25) is 39.5 Å². The van der Waals surface area contributed by atoms with Crippen molar-refractivity contribution < 1.29 is 18.4 Å². The molecule has 46 heavy (non-hydrogen) atoms. The normalized spacial score (nSPS) is 26.2. The molecule has 7 rings (SSSR count). The number of benzene rings is 2. The van der Waals surface area contributed by atoms with E-state index >= 15 is 8.78 Å². The Balaban J connectivity index is 0.930. The van der Waals surface area contributed by atoms with Gasteiger partial charge in [0.05, 0.1) is 29.7 Å². The van der Waals surface area contributed by atoms with Gasteiger partial charge in [0.2, 0.25) is 11.8 Å². The molecule has 242 valence electrons. The topological polar surface area (TPSA) is 72.0 Å². The summed E-state index contributed by atoms with van der Waals surface area (Å²) in [5.74, 6) is -3.32. The summed E-state index contributed by atoms with van der Waals surface area (Å²) >= 11 is 4.78. The lowest BCUT2D eigenvalue weighted by atomic mass is 9.97. The molecule has 1 N–H and O–H groups in total. The van der Waals surface area contributed by atoms with Crippen LogP contribution in [-0.4, -0.2) is 93.7 Å². The van der Waals surface area contributed by atoms with Crippen LogP contribution in [0.5, 0.6) is 0 Å². The second kappa shape index (κ2) is 13.1. The van der Waals surface area contributed by atoms with Gasteiger partial charge in [-0.1, -0.05) is 54.6 Å². The monoisotopic (exact) mass is 646 g/mol. The van der Waals surface area contributed by atoms with E-state index in [0.717, 1.165) is 46.6 Å². The SMILES string of the molecule is O=C1CCC(N2Cc3cc(CN4CCC(N5CCN(Cc6ncccc6-c6ccccc6)CC5)C(F)(F)C4)ccc3C2S)C(=O)N1. The Morgan fingerprint density at radius 3 is 2.48 bits per heavy atom. The van der Waals surface area contributed by atoms with E-state index in [1.807, 2.05) is 57.3 Å². The highest BCUT2D eigenvalue weighted by atomic mass is 32.1. The summed E-state index contributed by atoms with van der Waals surface area (Å²) in [6, 6.07) is 19.2. The van der Waals surface area contributed by atoms with Crippen molar-refractivity contribution in [3.63, 3.8) is 0 Å². The molecule has 8 nitrogen and oxygen atoms in total. The minimum atomic E-state index is -2.81. The third kappa shape index (κ3) is 6.48. The van der Waals surface area contributed by atoms with E-state index in [2.05, 4.69) is 39.5 Å². The van der Waals surface area contributed by atoms with Crippen LogP contribution >= 0.6 is 12.6 Å². The molecule has 2 aromatic carbocycles. The van der Waals surface area contributed by atoms with Crippen molar-refractivity contribution in [2.45, 2.75) is 62.3 Å². The van der Waals surface area contributed by atoms with Gasteiger partial charge in [0.25, 0.3) is 5.92 Å². The lowest BCUT2D eigenvalue weighted by molar-refractivity contribution is -0.137. The fraction of sp³-hybridized carbons (Fsp3) is 0.457. The van der Waals surface area contributed by atoms with Crippen molar-refractivity contribution in [3.8, 4) is 11.1 Å². The molecule has 4 aliphatic heterocycles. The third-order valence-electron chi connectivity index (χ3n) is 10.0. The first-order chi connectivity index (χ1) is 22.2. The number of rotatable bonds is 7. The van der Waals surface area contributed by atoms with E-state index < -0.39 is 18.0 Å². The van der Waals surface area contributed by atoms with Crippen molar-refractivity contribution in [2.24, 2.45) is 0 Å². The average Bonchev–Trinajstić information content (AvgIpc) is 3.37. The van der Waals surface area contributed by atoms with E-state index in [1.165, 1.54) is 0 Å². The van der Waals surface area contributed by atoms with E-state index in [4.69, 9.17) is 12.6 Å². The number of alkyl halides is 2. The Morgan fingerprint density at radius 2 is 1.72 bits per heavy atom. The minimum Gasteiger partial charge on any atom is -0.295 e. The predicted molar refractivity (Wildman–Crippen MR) is 175 cm³/mol. The molecule has 11 heteroatoms. The van der Waals surface area contributed by atoms with Gasteiger partial charge in [-0.2, -0.15) is 12.6 Å². The maximum absolute atomic E-state index is 15.7. The number of nitrogens with zero attached hydrogens (tertiary/aromatic N) is 5. The molecule has 4 aliphatic rings. The number of piperidine rings is 2. The molecule has 0 radical (unpaired) electrons. The number of hydrogen-bond donors (Lipinski definition) is 2. The van der Waals surface area contributed by atoms with Crippen LogP contribution in [-0.2, 0) is 29.2 Å². The molecular weight excluding hydrogens is 606 g/mol. The molecule has 3 unspecified atom stereocenters. The number of aromatic nitrogens is 1. The summed E-state index contributed by atoms with van der Waals surface area (Å²) in [6.07, 6.45) is 3.04. The Morgan fingerprint density at radius 1 is 0.913 bits per heavy atom. The van der Waals surface area contributed by atoms with E-state index in [0.29, 0.717) is 58.5 Å². The molecule has 5 heterocycles. The maximum atomic E-state index is 15.7. The first-order valence-electron chi connectivity index (χ1n) is 16.2. The van der Waals surface area contributed by atoms with Crippen molar-refractivity contribution in [1.29, 1.82) is 0 Å². The Kier molecular flexibility index (Phi) is 8.95. The Hall–Kier alpha value is -3.22. The fourth-order valence-corrected chi connectivity index (χ4v) is 8.11. The molecule has 0 saturated carbocycles. The predicted octanol–water partition coefficient (Wildman–Crippen LogP) is 4.33. The molecule has 3 fully saturated rings. The zero-order valence-electron chi connectivity index (χ0n) is 25.8. The lowest BCUT2D eigenvalue weighted by Gasteiger charge is -2.46. The van der Waals surface area contributed by atoms with Crippen LogP contribution < -0.4 is 5.32 Å². The van der Waals surface area contributed by atoms with E-state index in [1.54, 1.807) is 0 Å². The summed E-state index contributed by atoms with van der Waals surface area (Å²) in [5, 5.41) is 2.19. The Labute approximate surface area is 274 Å². The number of likely N-dealkylation sites (tertiary alicyclic amines) is 1. The van der Waals surface area contributed by atoms with Crippen LogP contribution in [0.3, 0.4) is 0 Å². The molecule has 3 aromatic rings. The molecule has 2 amide bonds. The van der Waals surface area contributed by atoms with Crippen LogP contribution in [0.25, 0.3) is 11.1 Å². The number of nitrogens with one attached hydrogen (secondary N) is 1. The summed E-state index contributed by atoms with van der Waals surface area (Å²) in [4.78, 5) is 37.0. The van der Waals surface area contributed by atoms with Crippen LogP contribution in [0.2, 0.25) is 0 Å². The summed E-state index contributed by atoms with van der Waals surface area (Å²) in [5.41, 5.74) is 6.33. The highest BCUT2D eigenvalue weighted by molar-refractivity contribution is 7.80. The number of hydrogen-bond acceptors (Lipinski definition) is 8. The van der Waals surface area contributed by atoms with Gasteiger partial charge >= 0.3 is 0 Å². The van der Waals surface area contributed by atoms with Gasteiger partial charge in [0, 0.05) is 70.5 Å². The van der Waals surface area contributed by atoms with Crippen LogP contribution in [0.15, 0.2) is 66.9 Å². The first kappa shape index (κ1) is 31.4. The van der Waals surface area contributed by atoms with Gasteiger partial charge in [-0.15, -0.1) is 0 Å². The first-order valence-corrected chi connectivity index (χ1v) is 16.7. The van der Waals surface area contributed by atoms with Gasteiger partial charge in [0.1, 0.15) is 0 Å². The van der Waals surface area contributed by atoms with Crippen molar-refractivity contribution in [2.75, 3.05) is 39.3 Å². The van der Waals surface area contributed by atoms with Gasteiger partial charge < -0.3 is 0 Å². The third-order valence-corrected chi connectivity index (χ3v) is 10.6. The van der Waals surface area contributed by atoms with Crippen molar-refractivity contribution >= 4 is 24.4 Å². The van der Waals surface area contributed by atoms with Crippen LogP contribution in [0, 0.1) is 0 Å². The van der Waals surface area contributed by atoms with Crippen molar-refractivity contribution in [3.05, 3.63) is 89.2 Å². The zero-order valence-corrected chi connectivity index (χ0v) is 26.7. The number of carbonyl (C=O) groups is 2. The van der Waals surface area contributed by atoms with E-state index in [9.17, 15) is 9.59 Å². The molecule has 1 aromatic heterocycles. The molecule has 3 atom stereocenters. The zero-order chi connectivity index (χ0) is 31.8. The highest BCUT2D eigenvalue weighted by Crippen LogP contribution is 2.40. The van der Waals surface area contributed by atoms with Crippen molar-refractivity contribution in [1.82, 2.24) is 29.9 Å². The standard InChI is InChI=1S/C35H40F2N6O2S/c36-35(37)23-41(20-24-8-9-28-26(19-24)21-43(34(28)46)30-10-11-32(44)39-33(30)45)14-12-31(35)42-17-15-40(16-18-42)22-29-27(7-4-13-38-29)25-5-2-1-3-6-25/h1-9,13,19,30-31,34,46H,10-12,14-18,20-23H2,(H,39,44,45). The highest BCUT2D eigenvalue weighted by Gasteiger charge is 2.48. The maximum Gasteiger partial charge on any atom is 0.275 e. The fourth-order valence-electron chi connectivity index (χ4n) is 7.62.